The number of ether oxygens (including phenoxy) is 1. The van der Waals surface area contributed by atoms with Crippen LogP contribution in [-0.2, 0) is 23.1 Å². The van der Waals surface area contributed by atoms with Crippen LogP contribution in [0.4, 0.5) is 0 Å². The third-order valence-electron chi connectivity index (χ3n) is 2.03. The molecule has 0 bridgehead atoms. The van der Waals surface area contributed by atoms with Crippen molar-refractivity contribution in [1.29, 1.82) is 0 Å². The predicted molar refractivity (Wildman–Crippen MR) is 59.1 cm³/mol. The summed E-state index contributed by atoms with van der Waals surface area (Å²) >= 11 is 0. The van der Waals surface area contributed by atoms with E-state index < -0.39 is 13.6 Å². The molecule has 0 aliphatic carbocycles. The van der Waals surface area contributed by atoms with E-state index in [-0.39, 0.29) is 6.42 Å². The van der Waals surface area contributed by atoms with E-state index in [4.69, 9.17) is 13.8 Å². The summed E-state index contributed by atoms with van der Waals surface area (Å²) in [5, 5.41) is 0.408. The molecule has 0 aromatic rings. The van der Waals surface area contributed by atoms with Crippen molar-refractivity contribution in [1.82, 2.24) is 0 Å². The summed E-state index contributed by atoms with van der Waals surface area (Å²) in [6, 6.07) is 0. The zero-order valence-corrected chi connectivity index (χ0v) is 10.5. The van der Waals surface area contributed by atoms with Gasteiger partial charge in [0.15, 0.2) is 0 Å². The van der Waals surface area contributed by atoms with Gasteiger partial charge in [0.25, 0.3) is 0 Å². The highest BCUT2D eigenvalue weighted by atomic mass is 31.2. The van der Waals surface area contributed by atoms with E-state index in [0.29, 0.717) is 31.6 Å². The topological polar surface area (TPSA) is 61.8 Å². The molecule has 5 nitrogen and oxygen atoms in total. The summed E-state index contributed by atoms with van der Waals surface area (Å²) in [6.07, 6.45) is 2.35. The maximum atomic E-state index is 12.1. The van der Waals surface area contributed by atoms with Gasteiger partial charge >= 0.3 is 13.6 Å². The normalized spacial score (nSPS) is 19.8. The molecule has 16 heavy (non-hydrogen) atoms. The molecule has 1 saturated heterocycles. The van der Waals surface area contributed by atoms with E-state index in [0.717, 1.165) is 0 Å². The highest BCUT2D eigenvalue weighted by Gasteiger charge is 2.35. The molecule has 0 N–H and O–H groups in total. The average Bonchev–Trinajstić information content (AvgIpc) is 2.66. The van der Waals surface area contributed by atoms with Gasteiger partial charge < -0.3 is 13.8 Å². The number of esters is 1. The molecular formula is C10H17O5P. The Labute approximate surface area is 95.3 Å². The number of carbonyl (C=O) groups is 1. The molecule has 0 atom stereocenters. The van der Waals surface area contributed by atoms with Gasteiger partial charge in [0.05, 0.1) is 26.2 Å². The molecule has 1 rings (SSSR count). The number of hydrogen-bond acceptors (Lipinski definition) is 5. The Morgan fingerprint density at radius 2 is 2.00 bits per heavy atom. The zero-order chi connectivity index (χ0) is 12.0. The Kier molecular flexibility index (Phi) is 5.19. The molecule has 0 saturated carbocycles. The lowest BCUT2D eigenvalue weighted by Crippen LogP contribution is -2.05. The van der Waals surface area contributed by atoms with Crippen LogP contribution in [0, 0.1) is 0 Å². The van der Waals surface area contributed by atoms with Crippen LogP contribution in [0.1, 0.15) is 26.7 Å². The molecule has 1 heterocycles. The van der Waals surface area contributed by atoms with Crippen molar-refractivity contribution in [3.63, 3.8) is 0 Å². The van der Waals surface area contributed by atoms with Crippen molar-refractivity contribution in [3.05, 3.63) is 11.4 Å². The molecule has 1 aliphatic heterocycles. The lowest BCUT2D eigenvalue weighted by atomic mass is 10.3. The molecule has 0 aromatic heterocycles. The number of carbonyl (C=O) groups excluding carboxylic acids is 1. The Morgan fingerprint density at radius 1 is 1.38 bits per heavy atom. The second-order valence-corrected chi connectivity index (χ2v) is 5.34. The predicted octanol–water partition coefficient (Wildman–Crippen LogP) is 2.47. The standard InChI is InChI=1S/C10H17O5P/c1-3-5-9(8-10(11)13-4-2)16(12)14-6-7-15-16/h5H,3-4,6-8H2,1-2H3/b9-5-. The molecule has 0 spiro atoms. The molecule has 6 heteroatoms. The van der Waals surface area contributed by atoms with Gasteiger partial charge in [-0.3, -0.25) is 9.36 Å². The molecule has 92 valence electrons. The van der Waals surface area contributed by atoms with Gasteiger partial charge in [0.2, 0.25) is 0 Å². The monoisotopic (exact) mass is 248 g/mol. The van der Waals surface area contributed by atoms with Gasteiger partial charge in [-0.25, -0.2) is 0 Å². The van der Waals surface area contributed by atoms with Gasteiger partial charge in [0, 0.05) is 5.31 Å². The Hall–Kier alpha value is -0.640. The molecule has 0 unspecified atom stereocenters. The minimum Gasteiger partial charge on any atom is -0.466 e. The van der Waals surface area contributed by atoms with Gasteiger partial charge in [-0.1, -0.05) is 13.0 Å². The Bertz CT molecular complexity index is 313. The smallest absolute Gasteiger partial charge is 0.357 e. The van der Waals surface area contributed by atoms with Crippen molar-refractivity contribution >= 4 is 13.6 Å². The minimum absolute atomic E-state index is 0.0288. The van der Waals surface area contributed by atoms with Gasteiger partial charge in [-0.2, -0.15) is 0 Å². The SMILES string of the molecule is CC/C=C(/CC(=O)OCC)P1(=O)OCCO1. The molecule has 1 fully saturated rings. The summed E-state index contributed by atoms with van der Waals surface area (Å²) in [7, 11) is -3.21. The first-order valence-electron chi connectivity index (χ1n) is 5.36. The number of allylic oxidation sites excluding steroid dienone is 1. The molecule has 0 radical (unpaired) electrons. The minimum atomic E-state index is -3.21. The Morgan fingerprint density at radius 3 is 2.50 bits per heavy atom. The van der Waals surface area contributed by atoms with Crippen molar-refractivity contribution in [2.45, 2.75) is 26.7 Å². The molecular weight excluding hydrogens is 231 g/mol. The van der Waals surface area contributed by atoms with Crippen molar-refractivity contribution < 1.29 is 23.1 Å². The maximum Gasteiger partial charge on any atom is 0.357 e. The molecule has 1 aliphatic rings. The fraction of sp³-hybridized carbons (Fsp3) is 0.700. The first-order chi connectivity index (χ1) is 7.62. The van der Waals surface area contributed by atoms with Crippen LogP contribution in [0.2, 0.25) is 0 Å². The third-order valence-corrected chi connectivity index (χ3v) is 4.12. The second-order valence-electron chi connectivity index (χ2n) is 3.25. The fourth-order valence-electron chi connectivity index (χ4n) is 1.39. The van der Waals surface area contributed by atoms with E-state index in [1.165, 1.54) is 0 Å². The summed E-state index contributed by atoms with van der Waals surface area (Å²) in [5.41, 5.74) is 0. The largest absolute Gasteiger partial charge is 0.466 e. The van der Waals surface area contributed by atoms with Crippen LogP contribution in [-0.4, -0.2) is 25.8 Å². The molecule has 0 aromatic carbocycles. The average molecular weight is 248 g/mol. The van der Waals surface area contributed by atoms with Gasteiger partial charge in [-0.15, -0.1) is 0 Å². The summed E-state index contributed by atoms with van der Waals surface area (Å²) in [6.45, 7) is 4.55. The van der Waals surface area contributed by atoms with Crippen LogP contribution >= 0.6 is 7.60 Å². The lowest BCUT2D eigenvalue weighted by molar-refractivity contribution is -0.142. The third kappa shape index (κ3) is 3.44. The van der Waals surface area contributed by atoms with E-state index in [1.807, 2.05) is 6.92 Å². The summed E-state index contributed by atoms with van der Waals surface area (Å²) in [5.74, 6) is -0.406. The van der Waals surface area contributed by atoms with Crippen LogP contribution < -0.4 is 0 Å². The maximum absolute atomic E-state index is 12.1. The van der Waals surface area contributed by atoms with E-state index >= 15 is 0 Å². The van der Waals surface area contributed by atoms with Crippen molar-refractivity contribution in [2.24, 2.45) is 0 Å². The molecule has 0 amide bonds. The van der Waals surface area contributed by atoms with Gasteiger partial charge in [0.1, 0.15) is 0 Å². The summed E-state index contributed by atoms with van der Waals surface area (Å²) in [4.78, 5) is 11.3. The quantitative estimate of drug-likeness (QED) is 0.552. The lowest BCUT2D eigenvalue weighted by Gasteiger charge is -2.13. The Balaban J connectivity index is 2.72. The van der Waals surface area contributed by atoms with Crippen LogP contribution in [0.3, 0.4) is 0 Å². The zero-order valence-electron chi connectivity index (χ0n) is 9.60. The number of hydrogen-bond donors (Lipinski definition) is 0. The van der Waals surface area contributed by atoms with Crippen LogP contribution in [0.25, 0.3) is 0 Å². The van der Waals surface area contributed by atoms with E-state index in [9.17, 15) is 9.36 Å². The van der Waals surface area contributed by atoms with Crippen molar-refractivity contribution in [2.75, 3.05) is 19.8 Å². The highest BCUT2D eigenvalue weighted by molar-refractivity contribution is 7.58. The first kappa shape index (κ1) is 13.4. The summed E-state index contributed by atoms with van der Waals surface area (Å²) < 4.78 is 27.1. The van der Waals surface area contributed by atoms with Crippen molar-refractivity contribution in [3.8, 4) is 0 Å². The van der Waals surface area contributed by atoms with E-state index in [1.54, 1.807) is 13.0 Å². The van der Waals surface area contributed by atoms with E-state index in [2.05, 4.69) is 0 Å². The first-order valence-corrected chi connectivity index (χ1v) is 6.91. The second kappa shape index (κ2) is 6.18. The fourth-order valence-corrected chi connectivity index (χ4v) is 3.16. The van der Waals surface area contributed by atoms with Crippen LogP contribution in [0.5, 0.6) is 0 Å². The van der Waals surface area contributed by atoms with Gasteiger partial charge in [-0.05, 0) is 13.3 Å². The highest BCUT2D eigenvalue weighted by Crippen LogP contribution is 2.60. The van der Waals surface area contributed by atoms with Crippen LogP contribution in [0.15, 0.2) is 11.4 Å². The number of rotatable bonds is 5.